The highest BCUT2D eigenvalue weighted by atomic mass is 35.5. The van der Waals surface area contributed by atoms with Crippen LogP contribution in [0.3, 0.4) is 0 Å². The molecule has 268 valence electrons. The first-order chi connectivity index (χ1) is 24.4. The van der Waals surface area contributed by atoms with Crippen LogP contribution in [0.25, 0.3) is 0 Å². The Kier molecular flexibility index (Phi) is 13.0. The molecule has 3 amide bonds. The van der Waals surface area contributed by atoms with E-state index in [1.165, 1.54) is 85.2 Å². The lowest BCUT2D eigenvalue weighted by atomic mass is 10.00. The van der Waals surface area contributed by atoms with Crippen molar-refractivity contribution in [2.24, 2.45) is 0 Å². The Bertz CT molecular complexity index is 1990. The minimum absolute atomic E-state index is 0.0882. The minimum atomic E-state index is -0.673. The lowest BCUT2D eigenvalue weighted by Gasteiger charge is -2.27. The number of hydrogen-bond acceptors (Lipinski definition) is 7. The van der Waals surface area contributed by atoms with Crippen molar-refractivity contribution in [3.05, 3.63) is 116 Å². The van der Waals surface area contributed by atoms with Crippen molar-refractivity contribution in [3.8, 4) is 0 Å². The molecule has 0 saturated carbocycles. The van der Waals surface area contributed by atoms with Gasteiger partial charge >= 0.3 is 6.09 Å². The second-order valence-electron chi connectivity index (χ2n) is 11.0. The monoisotopic (exact) mass is 800 g/mol. The topological polar surface area (TPSA) is 109 Å². The normalized spacial score (nSPS) is 16.1. The molecule has 2 heterocycles. The maximum absolute atomic E-state index is 14.4. The molecule has 0 aromatic heterocycles. The molecule has 4 N–H and O–H groups in total. The van der Waals surface area contributed by atoms with Crippen molar-refractivity contribution >= 4 is 87.8 Å². The fraction of sp³-hybridized carbons (Fsp3) is 0.206. The van der Waals surface area contributed by atoms with Crippen molar-refractivity contribution in [2.75, 3.05) is 29.2 Å². The largest absolute Gasteiger partial charge is 0.453 e. The first kappa shape index (κ1) is 38.6. The summed E-state index contributed by atoms with van der Waals surface area (Å²) in [6.45, 7) is 0. The van der Waals surface area contributed by atoms with E-state index < -0.39 is 47.2 Å². The van der Waals surface area contributed by atoms with E-state index in [9.17, 15) is 31.9 Å². The van der Waals surface area contributed by atoms with Crippen LogP contribution >= 0.6 is 58.5 Å². The van der Waals surface area contributed by atoms with Crippen molar-refractivity contribution in [3.63, 3.8) is 0 Å². The van der Waals surface area contributed by atoms with Crippen molar-refractivity contribution in [2.45, 2.75) is 34.7 Å². The summed E-state index contributed by atoms with van der Waals surface area (Å²) in [6.07, 6.45) is 0.493. The Labute approximate surface area is 313 Å². The average molecular weight is 802 g/mol. The summed E-state index contributed by atoms with van der Waals surface area (Å²) in [5, 5.41) is 7.66. The molecule has 8 nitrogen and oxygen atoms in total. The van der Waals surface area contributed by atoms with Gasteiger partial charge in [-0.15, -0.1) is 23.5 Å². The van der Waals surface area contributed by atoms with Crippen LogP contribution in [0.15, 0.2) is 70.5 Å². The van der Waals surface area contributed by atoms with Gasteiger partial charge in [-0.05, 0) is 91.0 Å². The molecule has 2 unspecified atom stereocenters. The van der Waals surface area contributed by atoms with Gasteiger partial charge in [0.15, 0.2) is 0 Å². The zero-order valence-electron chi connectivity index (χ0n) is 26.4. The fourth-order valence-corrected chi connectivity index (χ4v) is 8.43. The highest BCUT2D eigenvalue weighted by Crippen LogP contribution is 2.42. The molecule has 2 aliphatic rings. The van der Waals surface area contributed by atoms with Gasteiger partial charge in [0.05, 0.1) is 40.4 Å². The molecular formula is C34H27Cl3F4N4O4S2. The van der Waals surface area contributed by atoms with Crippen molar-refractivity contribution < 1.29 is 36.7 Å². The van der Waals surface area contributed by atoms with Gasteiger partial charge in [0.25, 0.3) is 11.8 Å². The Hall–Kier alpha value is -3.66. The van der Waals surface area contributed by atoms with Crippen molar-refractivity contribution in [1.29, 1.82) is 0 Å². The molecule has 2 atom stereocenters. The van der Waals surface area contributed by atoms with Crippen LogP contribution in [-0.4, -0.2) is 36.5 Å². The first-order valence-electron chi connectivity index (χ1n) is 15.1. The number of fused-ring (bicyclic) bond motifs is 2. The van der Waals surface area contributed by atoms with Gasteiger partial charge in [-0.1, -0.05) is 23.2 Å². The van der Waals surface area contributed by atoms with Gasteiger partial charge in [0.2, 0.25) is 0 Å². The molecule has 17 heteroatoms. The number of alkyl carbamates (subject to hydrolysis) is 1. The molecule has 6 rings (SSSR count). The third kappa shape index (κ3) is 9.05. The summed E-state index contributed by atoms with van der Waals surface area (Å²) in [5.41, 5.74) is 1.92. The number of hydrogen-bond donors (Lipinski definition) is 4. The van der Waals surface area contributed by atoms with Crippen LogP contribution < -0.4 is 20.8 Å². The Balaban J connectivity index is 0.000000199. The molecule has 4 aromatic rings. The number of nitrogens with one attached hydrogen (secondary N) is 4. The lowest BCUT2D eigenvalue weighted by molar-refractivity contribution is 0.101. The van der Waals surface area contributed by atoms with Crippen LogP contribution in [0.4, 0.5) is 33.7 Å². The molecule has 0 aliphatic carbocycles. The smallest absolute Gasteiger partial charge is 0.407 e. The Morgan fingerprint density at radius 1 is 0.686 bits per heavy atom. The fourth-order valence-electron chi connectivity index (χ4n) is 5.31. The summed E-state index contributed by atoms with van der Waals surface area (Å²) in [5.74, 6) is -1.69. The highest BCUT2D eigenvalue weighted by molar-refractivity contribution is 7.99. The Morgan fingerprint density at radius 3 is 1.55 bits per heavy atom. The third-order valence-corrected chi connectivity index (χ3v) is 10.9. The first-order valence-corrected chi connectivity index (χ1v) is 18.2. The number of ether oxygens (including phenoxy) is 1. The average Bonchev–Trinajstić information content (AvgIpc) is 3.11. The van der Waals surface area contributed by atoms with E-state index in [4.69, 9.17) is 35.0 Å². The molecular weight excluding hydrogens is 775 g/mol. The van der Waals surface area contributed by atoms with Gasteiger partial charge in [-0.3, -0.25) is 9.59 Å². The van der Waals surface area contributed by atoms with Crippen LogP contribution in [-0.2, 0) is 4.74 Å². The maximum atomic E-state index is 14.4. The number of carbonyl (C=O) groups excluding carboxylic acids is 3. The zero-order chi connectivity index (χ0) is 36.8. The van der Waals surface area contributed by atoms with Gasteiger partial charge in [0, 0.05) is 38.0 Å². The summed E-state index contributed by atoms with van der Waals surface area (Å²) >= 11 is 19.9. The van der Waals surface area contributed by atoms with Crippen LogP contribution in [0.2, 0.25) is 10.0 Å². The van der Waals surface area contributed by atoms with E-state index >= 15 is 0 Å². The SMILES string of the molecule is COC(=O)NC1CCSc2c(C(=O)Nc3ccc(F)c(Cl)c3)ccc(F)c21.O=C(Nc1ccc(F)c(Cl)c1)c1ccc(F)c2c1SCCC2NCl. The van der Waals surface area contributed by atoms with Gasteiger partial charge in [-0.25, -0.2) is 27.2 Å². The molecule has 51 heavy (non-hydrogen) atoms. The maximum Gasteiger partial charge on any atom is 0.407 e. The number of anilines is 2. The highest BCUT2D eigenvalue weighted by Gasteiger charge is 2.30. The second kappa shape index (κ2) is 17.2. The molecule has 0 fully saturated rings. The van der Waals surface area contributed by atoms with Crippen LogP contribution in [0.1, 0.15) is 56.8 Å². The lowest BCUT2D eigenvalue weighted by Crippen LogP contribution is -2.32. The van der Waals surface area contributed by atoms with Crippen LogP contribution in [0, 0.1) is 23.3 Å². The molecule has 0 spiro atoms. The number of thioether (sulfide) groups is 2. The number of rotatable bonds is 6. The van der Waals surface area contributed by atoms with E-state index in [2.05, 4.69) is 25.5 Å². The van der Waals surface area contributed by atoms with Gasteiger partial charge in [0.1, 0.15) is 23.3 Å². The standard InChI is InChI=1S/C18H15ClF2N2O3S.C16H12Cl2F2N2OS/c1-26-18(25)23-14-6-7-27-16-10(3-5-13(21)15(14)16)17(24)22-9-2-4-12(20)11(19)8-9;17-10-7-8(1-3-11(10)19)21-16(23)9-2-4-12(20)14-13(22-18)5-6-24-15(9)14/h2-5,8,14H,6-7H2,1H3,(H,22,24)(H,23,25);1-4,7,13,22H,5-6H2,(H,21,23). The van der Waals surface area contributed by atoms with Crippen LogP contribution in [0.5, 0.6) is 0 Å². The summed E-state index contributed by atoms with van der Waals surface area (Å²) in [4.78, 5) is 40.3. The Morgan fingerprint density at radius 2 is 1.12 bits per heavy atom. The number of benzene rings is 4. The summed E-state index contributed by atoms with van der Waals surface area (Å²) in [6, 6.07) is 12.0. The summed E-state index contributed by atoms with van der Waals surface area (Å²) < 4.78 is 59.7. The number of methoxy groups -OCH3 is 1. The minimum Gasteiger partial charge on any atom is -0.453 e. The molecule has 0 radical (unpaired) electrons. The van der Waals surface area contributed by atoms with E-state index in [1.54, 1.807) is 0 Å². The van der Waals surface area contributed by atoms with Gasteiger partial charge in [-0.2, -0.15) is 0 Å². The second-order valence-corrected chi connectivity index (χ2v) is 14.2. The molecule has 4 aromatic carbocycles. The molecule has 0 bridgehead atoms. The van der Waals surface area contributed by atoms with E-state index in [-0.39, 0.29) is 27.2 Å². The predicted octanol–water partition coefficient (Wildman–Crippen LogP) is 9.91. The molecule has 2 aliphatic heterocycles. The van der Waals surface area contributed by atoms with E-state index in [0.29, 0.717) is 56.6 Å². The van der Waals surface area contributed by atoms with E-state index in [0.717, 1.165) is 6.07 Å². The van der Waals surface area contributed by atoms with E-state index in [1.807, 2.05) is 0 Å². The quantitative estimate of drug-likeness (QED) is 0.114. The zero-order valence-corrected chi connectivity index (χ0v) is 30.3. The number of carbonyl (C=O) groups is 3. The van der Waals surface area contributed by atoms with Gasteiger partial charge < -0.3 is 20.7 Å². The van der Waals surface area contributed by atoms with Crippen molar-refractivity contribution in [1.82, 2.24) is 10.2 Å². The third-order valence-electron chi connectivity index (χ3n) is 7.74. The number of amides is 3. The predicted molar refractivity (Wildman–Crippen MR) is 192 cm³/mol. The molecule has 0 saturated heterocycles. The number of halogens is 7. The summed E-state index contributed by atoms with van der Waals surface area (Å²) in [7, 11) is 1.22.